The first-order valence-electron chi connectivity index (χ1n) is 9.76. The second kappa shape index (κ2) is 8.02. The van der Waals surface area contributed by atoms with Gasteiger partial charge < -0.3 is 19.6 Å². The zero-order chi connectivity index (χ0) is 19.5. The number of carbonyl (C=O) groups is 2. The minimum atomic E-state index is -0.965. The van der Waals surface area contributed by atoms with Crippen LogP contribution in [0, 0.1) is 0 Å². The number of benzene rings is 2. The molecule has 0 aliphatic carbocycles. The van der Waals surface area contributed by atoms with Gasteiger partial charge in [-0.15, -0.1) is 0 Å². The third-order valence-electron chi connectivity index (χ3n) is 5.47. The summed E-state index contributed by atoms with van der Waals surface area (Å²) in [4.78, 5) is 28.1. The maximum atomic E-state index is 12.8. The van der Waals surface area contributed by atoms with Gasteiger partial charge in [0.1, 0.15) is 11.5 Å². The van der Waals surface area contributed by atoms with Gasteiger partial charge in [-0.3, -0.25) is 4.79 Å². The molecule has 0 saturated carbocycles. The number of amides is 1. The normalized spacial score (nSPS) is 16.9. The van der Waals surface area contributed by atoms with E-state index in [2.05, 4.69) is 4.90 Å². The van der Waals surface area contributed by atoms with Gasteiger partial charge in [0, 0.05) is 25.2 Å². The van der Waals surface area contributed by atoms with Crippen LogP contribution < -0.4 is 4.74 Å². The van der Waals surface area contributed by atoms with Crippen LogP contribution in [0.15, 0.2) is 42.5 Å². The molecule has 0 aromatic heterocycles. The minimum Gasteiger partial charge on any atom is -0.478 e. The molecule has 1 amide bonds. The van der Waals surface area contributed by atoms with Crippen LogP contribution in [0.4, 0.5) is 0 Å². The molecule has 2 aromatic carbocycles. The lowest BCUT2D eigenvalue weighted by Gasteiger charge is -2.30. The van der Waals surface area contributed by atoms with E-state index in [1.54, 1.807) is 18.2 Å². The number of hydrogen-bond donors (Lipinski definition) is 1. The molecule has 2 aromatic rings. The average molecular weight is 380 g/mol. The Morgan fingerprint density at radius 1 is 0.964 bits per heavy atom. The van der Waals surface area contributed by atoms with Gasteiger partial charge in [-0.05, 0) is 80.4 Å². The van der Waals surface area contributed by atoms with Gasteiger partial charge in [-0.1, -0.05) is 0 Å². The Labute approximate surface area is 164 Å². The van der Waals surface area contributed by atoms with Crippen molar-refractivity contribution < 1.29 is 19.4 Å². The number of aromatic carboxylic acids is 1. The molecule has 2 aliphatic rings. The predicted octanol–water partition coefficient (Wildman–Crippen LogP) is 3.27. The van der Waals surface area contributed by atoms with Crippen LogP contribution in [0.3, 0.4) is 0 Å². The molecule has 0 radical (unpaired) electrons. The predicted molar refractivity (Wildman–Crippen MR) is 105 cm³/mol. The molecule has 1 saturated heterocycles. The van der Waals surface area contributed by atoms with Crippen LogP contribution in [0.2, 0.25) is 0 Å². The van der Waals surface area contributed by atoms with Crippen molar-refractivity contribution in [3.05, 3.63) is 59.2 Å². The largest absolute Gasteiger partial charge is 0.478 e. The molecule has 2 heterocycles. The van der Waals surface area contributed by atoms with Gasteiger partial charge in [0.05, 0.1) is 5.56 Å². The molecule has 6 nitrogen and oxygen atoms in total. The summed E-state index contributed by atoms with van der Waals surface area (Å²) in [5, 5.41) is 8.96. The quantitative estimate of drug-likeness (QED) is 0.833. The zero-order valence-electron chi connectivity index (χ0n) is 15.8. The van der Waals surface area contributed by atoms with Crippen LogP contribution in [0.25, 0.3) is 0 Å². The molecule has 0 atom stereocenters. The fourth-order valence-electron chi connectivity index (χ4n) is 3.86. The Morgan fingerprint density at radius 2 is 1.68 bits per heavy atom. The first-order valence-corrected chi connectivity index (χ1v) is 9.76. The number of fused-ring (bicyclic) bond motifs is 1. The fourth-order valence-corrected chi connectivity index (χ4v) is 3.86. The van der Waals surface area contributed by atoms with Gasteiger partial charge in [0.25, 0.3) is 5.91 Å². The van der Waals surface area contributed by atoms with Crippen molar-refractivity contribution >= 4 is 11.9 Å². The summed E-state index contributed by atoms with van der Waals surface area (Å²) < 4.78 is 5.83. The van der Waals surface area contributed by atoms with Gasteiger partial charge in [0.15, 0.2) is 0 Å². The third kappa shape index (κ3) is 4.02. The van der Waals surface area contributed by atoms with Crippen molar-refractivity contribution in [2.24, 2.45) is 0 Å². The minimum absolute atomic E-state index is 0.0952. The van der Waals surface area contributed by atoms with Gasteiger partial charge in [-0.25, -0.2) is 4.79 Å². The SMILES string of the molecule is O=C(O)c1ccc(Oc2ccc3c(c2)CCN(CCN2CCCC2)C3=O)cc1. The van der Waals surface area contributed by atoms with E-state index in [1.165, 1.54) is 25.0 Å². The Hall–Kier alpha value is -2.86. The summed E-state index contributed by atoms with van der Waals surface area (Å²) in [5.74, 6) is 0.352. The van der Waals surface area contributed by atoms with E-state index in [0.29, 0.717) is 11.5 Å². The van der Waals surface area contributed by atoms with Crippen LogP contribution in [-0.2, 0) is 6.42 Å². The number of rotatable bonds is 6. The molecule has 2 aliphatic heterocycles. The molecule has 4 rings (SSSR count). The highest BCUT2D eigenvalue weighted by Gasteiger charge is 2.25. The van der Waals surface area contributed by atoms with E-state index in [-0.39, 0.29) is 11.5 Å². The lowest BCUT2D eigenvalue weighted by molar-refractivity contribution is 0.0694. The van der Waals surface area contributed by atoms with Crippen LogP contribution in [-0.4, -0.2) is 59.5 Å². The lowest BCUT2D eigenvalue weighted by atomic mass is 9.98. The lowest BCUT2D eigenvalue weighted by Crippen LogP contribution is -2.42. The summed E-state index contributed by atoms with van der Waals surface area (Å²) in [6.45, 7) is 4.76. The van der Waals surface area contributed by atoms with Crippen LogP contribution in [0.5, 0.6) is 11.5 Å². The summed E-state index contributed by atoms with van der Waals surface area (Å²) in [7, 11) is 0. The van der Waals surface area contributed by atoms with Gasteiger partial charge in [-0.2, -0.15) is 0 Å². The molecule has 0 unspecified atom stereocenters. The Bertz CT molecular complexity index is 873. The van der Waals surface area contributed by atoms with E-state index in [9.17, 15) is 9.59 Å². The number of carboxylic acids is 1. The second-order valence-electron chi connectivity index (χ2n) is 7.34. The Kier molecular flexibility index (Phi) is 5.30. The average Bonchev–Trinajstić information content (AvgIpc) is 3.21. The highest BCUT2D eigenvalue weighted by molar-refractivity contribution is 5.97. The van der Waals surface area contributed by atoms with E-state index in [4.69, 9.17) is 9.84 Å². The Balaban J connectivity index is 1.41. The maximum Gasteiger partial charge on any atom is 0.335 e. The van der Waals surface area contributed by atoms with Crippen LogP contribution in [0.1, 0.15) is 39.1 Å². The number of likely N-dealkylation sites (tertiary alicyclic amines) is 1. The second-order valence-corrected chi connectivity index (χ2v) is 7.34. The number of nitrogens with zero attached hydrogens (tertiary/aromatic N) is 2. The van der Waals surface area contributed by atoms with Crippen molar-refractivity contribution in [2.75, 3.05) is 32.7 Å². The molecular formula is C22H24N2O4. The number of carbonyl (C=O) groups excluding carboxylic acids is 1. The number of carboxylic acid groups (broad SMARTS) is 1. The summed E-state index contributed by atoms with van der Waals surface area (Å²) in [5.41, 5.74) is 1.97. The molecular weight excluding hydrogens is 356 g/mol. The summed E-state index contributed by atoms with van der Waals surface area (Å²) in [6, 6.07) is 11.8. The van der Waals surface area contributed by atoms with Crippen molar-refractivity contribution in [3.63, 3.8) is 0 Å². The highest BCUT2D eigenvalue weighted by Crippen LogP contribution is 2.27. The number of hydrogen-bond acceptors (Lipinski definition) is 4. The summed E-state index contributed by atoms with van der Waals surface area (Å²) >= 11 is 0. The van der Waals surface area contributed by atoms with Crippen molar-refractivity contribution in [3.8, 4) is 11.5 Å². The third-order valence-corrected chi connectivity index (χ3v) is 5.47. The molecule has 28 heavy (non-hydrogen) atoms. The molecule has 1 fully saturated rings. The molecule has 1 N–H and O–H groups in total. The summed E-state index contributed by atoms with van der Waals surface area (Å²) in [6.07, 6.45) is 3.34. The monoisotopic (exact) mass is 380 g/mol. The van der Waals surface area contributed by atoms with E-state index >= 15 is 0 Å². The highest BCUT2D eigenvalue weighted by atomic mass is 16.5. The van der Waals surface area contributed by atoms with Crippen molar-refractivity contribution in [1.29, 1.82) is 0 Å². The van der Waals surface area contributed by atoms with Crippen LogP contribution >= 0.6 is 0 Å². The molecule has 6 heteroatoms. The van der Waals surface area contributed by atoms with E-state index in [1.807, 2.05) is 17.0 Å². The first kappa shape index (κ1) is 18.5. The van der Waals surface area contributed by atoms with Gasteiger partial charge >= 0.3 is 5.97 Å². The smallest absolute Gasteiger partial charge is 0.335 e. The first-order chi connectivity index (χ1) is 13.6. The zero-order valence-corrected chi connectivity index (χ0v) is 15.8. The van der Waals surface area contributed by atoms with Crippen molar-refractivity contribution in [2.45, 2.75) is 19.3 Å². The topological polar surface area (TPSA) is 70.1 Å². The maximum absolute atomic E-state index is 12.8. The molecule has 0 bridgehead atoms. The molecule has 0 spiro atoms. The van der Waals surface area contributed by atoms with E-state index in [0.717, 1.165) is 50.3 Å². The standard InChI is InChI=1S/C22H24N2O4/c25-21-20-8-7-19(28-18-5-3-16(4-6-18)22(26)27)15-17(20)9-12-24(21)14-13-23-10-1-2-11-23/h3-8,15H,1-2,9-14H2,(H,26,27). The fraction of sp³-hybridized carbons (Fsp3) is 0.364. The van der Waals surface area contributed by atoms with E-state index < -0.39 is 5.97 Å². The number of ether oxygens (including phenoxy) is 1. The Morgan fingerprint density at radius 3 is 2.39 bits per heavy atom. The van der Waals surface area contributed by atoms with Crippen molar-refractivity contribution in [1.82, 2.24) is 9.80 Å². The molecule has 146 valence electrons. The van der Waals surface area contributed by atoms with Gasteiger partial charge in [0.2, 0.25) is 0 Å².